The minimum Gasteiger partial charge on any atom is -0.486 e. The molecule has 1 heterocycles. The summed E-state index contributed by atoms with van der Waals surface area (Å²) in [4.78, 5) is 11.2. The molecular weight excluding hydrogens is 176 g/mol. The summed E-state index contributed by atoms with van der Waals surface area (Å²) in [5.41, 5.74) is 0.0965. The first-order valence-corrected chi connectivity index (χ1v) is 5.44. The summed E-state index contributed by atoms with van der Waals surface area (Å²) in [7, 11) is 0. The molecule has 1 fully saturated rings. The van der Waals surface area contributed by atoms with Gasteiger partial charge in [-0.3, -0.25) is 4.79 Å². The van der Waals surface area contributed by atoms with Crippen LogP contribution in [-0.2, 0) is 9.53 Å². The minimum absolute atomic E-state index is 0.0628. The third kappa shape index (κ3) is 1.28. The number of carbonyl (C=O) groups excluding carboxylic acids is 1. The lowest BCUT2D eigenvalue weighted by Gasteiger charge is -2.39. The molecule has 0 aromatic heterocycles. The van der Waals surface area contributed by atoms with Gasteiger partial charge in [0, 0.05) is 12.3 Å². The molecule has 0 N–H and O–H groups in total. The predicted octanol–water partition coefficient (Wildman–Crippen LogP) is 2.68. The van der Waals surface area contributed by atoms with Gasteiger partial charge < -0.3 is 4.74 Å². The summed E-state index contributed by atoms with van der Waals surface area (Å²) >= 11 is 0. The molecule has 1 aliphatic heterocycles. The van der Waals surface area contributed by atoms with E-state index in [1.807, 2.05) is 0 Å². The molecule has 0 aromatic carbocycles. The maximum atomic E-state index is 11.2. The summed E-state index contributed by atoms with van der Waals surface area (Å²) in [6.07, 6.45) is 5.86. The number of Topliss-reactive ketones (excluding diaryl/α,β-unsaturated/α-hetero) is 1. The van der Waals surface area contributed by atoms with Crippen LogP contribution in [0, 0.1) is 11.3 Å². The lowest BCUT2D eigenvalue weighted by molar-refractivity contribution is -0.118. The third-order valence-electron chi connectivity index (χ3n) is 3.92. The Morgan fingerprint density at radius 1 is 1.57 bits per heavy atom. The van der Waals surface area contributed by atoms with Crippen molar-refractivity contribution in [3.63, 3.8) is 0 Å². The largest absolute Gasteiger partial charge is 0.486 e. The van der Waals surface area contributed by atoms with E-state index in [-0.39, 0.29) is 17.3 Å². The van der Waals surface area contributed by atoms with Crippen molar-refractivity contribution in [1.29, 1.82) is 0 Å². The molecule has 1 aliphatic carbocycles. The second-order valence-corrected chi connectivity index (χ2v) is 4.87. The normalized spacial score (nSPS) is 41.2. The van der Waals surface area contributed by atoms with Crippen LogP contribution >= 0.6 is 0 Å². The molecule has 2 heteroatoms. The second-order valence-electron chi connectivity index (χ2n) is 4.87. The van der Waals surface area contributed by atoms with Crippen LogP contribution in [0.2, 0.25) is 0 Å². The van der Waals surface area contributed by atoms with E-state index in [1.54, 1.807) is 6.92 Å². The molecule has 2 aliphatic rings. The molecule has 0 amide bonds. The molecule has 78 valence electrons. The Morgan fingerprint density at radius 2 is 2.29 bits per heavy atom. The van der Waals surface area contributed by atoms with Crippen molar-refractivity contribution in [2.24, 2.45) is 11.3 Å². The molecule has 0 radical (unpaired) electrons. The van der Waals surface area contributed by atoms with Gasteiger partial charge in [-0.1, -0.05) is 13.8 Å². The summed E-state index contributed by atoms with van der Waals surface area (Å²) in [5, 5.41) is 0. The number of allylic oxidation sites excluding steroid dienone is 1. The van der Waals surface area contributed by atoms with Gasteiger partial charge in [-0.25, -0.2) is 0 Å². The van der Waals surface area contributed by atoms with Crippen LogP contribution in [0.25, 0.3) is 0 Å². The fourth-order valence-corrected chi connectivity index (χ4v) is 2.62. The van der Waals surface area contributed by atoms with Crippen molar-refractivity contribution >= 4 is 5.78 Å². The zero-order valence-electron chi connectivity index (χ0n) is 9.17. The molecule has 1 saturated carbocycles. The highest BCUT2D eigenvalue weighted by Gasteiger charge is 2.46. The molecule has 0 aromatic rings. The first-order chi connectivity index (χ1) is 6.54. The van der Waals surface area contributed by atoms with Gasteiger partial charge in [0.1, 0.15) is 6.10 Å². The lowest BCUT2D eigenvalue weighted by Crippen LogP contribution is -2.37. The molecule has 0 saturated heterocycles. The number of ether oxygens (including phenoxy) is 1. The highest BCUT2D eigenvalue weighted by molar-refractivity contribution is 5.91. The molecule has 0 spiro atoms. The van der Waals surface area contributed by atoms with E-state index >= 15 is 0 Å². The fraction of sp³-hybridized carbons (Fsp3) is 0.750. The van der Waals surface area contributed by atoms with Crippen LogP contribution in [0.15, 0.2) is 11.8 Å². The zero-order chi connectivity index (χ0) is 10.3. The van der Waals surface area contributed by atoms with Crippen molar-refractivity contribution in [3.05, 3.63) is 11.8 Å². The second kappa shape index (κ2) is 3.11. The minimum atomic E-state index is 0.0628. The van der Waals surface area contributed by atoms with Crippen LogP contribution in [0.3, 0.4) is 0 Å². The Balaban J connectivity index is 2.29. The van der Waals surface area contributed by atoms with Crippen LogP contribution in [-0.4, -0.2) is 11.9 Å². The number of ketones is 1. The smallest absolute Gasteiger partial charge is 0.193 e. The Labute approximate surface area is 85.3 Å². The average Bonchev–Trinajstić information content (AvgIpc) is 2.45. The van der Waals surface area contributed by atoms with Crippen LogP contribution < -0.4 is 0 Å². The number of carbonyl (C=O) groups is 1. The predicted molar refractivity (Wildman–Crippen MR) is 54.8 cm³/mol. The van der Waals surface area contributed by atoms with Gasteiger partial charge in [0.2, 0.25) is 0 Å². The quantitative estimate of drug-likeness (QED) is 0.641. The van der Waals surface area contributed by atoms with E-state index in [9.17, 15) is 4.79 Å². The summed E-state index contributed by atoms with van der Waals surface area (Å²) in [5.74, 6) is 1.28. The SMILES string of the molecule is CC(=O)C1=CC2(C)C(C)CCCC2O1. The number of hydrogen-bond donors (Lipinski definition) is 0. The third-order valence-corrected chi connectivity index (χ3v) is 3.92. The summed E-state index contributed by atoms with van der Waals surface area (Å²) in [6.45, 7) is 6.06. The van der Waals surface area contributed by atoms with E-state index in [2.05, 4.69) is 19.9 Å². The average molecular weight is 194 g/mol. The highest BCUT2D eigenvalue weighted by Crippen LogP contribution is 2.48. The van der Waals surface area contributed by atoms with Crippen LogP contribution in [0.1, 0.15) is 40.0 Å². The monoisotopic (exact) mass is 194 g/mol. The van der Waals surface area contributed by atoms with Gasteiger partial charge in [-0.15, -0.1) is 0 Å². The number of fused-ring (bicyclic) bond motifs is 1. The fourth-order valence-electron chi connectivity index (χ4n) is 2.62. The van der Waals surface area contributed by atoms with E-state index in [4.69, 9.17) is 4.74 Å². The Morgan fingerprint density at radius 3 is 2.86 bits per heavy atom. The van der Waals surface area contributed by atoms with Crippen molar-refractivity contribution in [2.45, 2.75) is 46.1 Å². The van der Waals surface area contributed by atoms with Crippen molar-refractivity contribution in [2.75, 3.05) is 0 Å². The summed E-state index contributed by atoms with van der Waals surface area (Å²) in [6, 6.07) is 0. The number of rotatable bonds is 1. The Hall–Kier alpha value is -0.790. The molecule has 2 nitrogen and oxygen atoms in total. The Bertz CT molecular complexity index is 293. The van der Waals surface area contributed by atoms with Gasteiger partial charge >= 0.3 is 0 Å². The Kier molecular flexibility index (Phi) is 2.17. The highest BCUT2D eigenvalue weighted by atomic mass is 16.5. The standard InChI is InChI=1S/C12H18O2/c1-8-5-4-6-11-12(8,3)7-10(14-11)9(2)13/h7-8,11H,4-6H2,1-3H3. The maximum absolute atomic E-state index is 11.2. The van der Waals surface area contributed by atoms with E-state index in [0.717, 1.165) is 6.42 Å². The maximum Gasteiger partial charge on any atom is 0.193 e. The number of hydrogen-bond acceptors (Lipinski definition) is 2. The molecule has 2 rings (SSSR count). The van der Waals surface area contributed by atoms with Crippen molar-refractivity contribution < 1.29 is 9.53 Å². The molecule has 3 atom stereocenters. The van der Waals surface area contributed by atoms with E-state index in [0.29, 0.717) is 11.7 Å². The van der Waals surface area contributed by atoms with E-state index in [1.165, 1.54) is 12.8 Å². The summed E-state index contributed by atoms with van der Waals surface area (Å²) < 4.78 is 5.71. The zero-order valence-corrected chi connectivity index (χ0v) is 9.17. The van der Waals surface area contributed by atoms with E-state index < -0.39 is 0 Å². The van der Waals surface area contributed by atoms with Crippen LogP contribution in [0.5, 0.6) is 0 Å². The van der Waals surface area contributed by atoms with Crippen LogP contribution in [0.4, 0.5) is 0 Å². The molecular formula is C12H18O2. The first-order valence-electron chi connectivity index (χ1n) is 5.44. The molecule has 3 unspecified atom stereocenters. The topological polar surface area (TPSA) is 26.3 Å². The van der Waals surface area contributed by atoms with Gasteiger partial charge in [-0.05, 0) is 31.3 Å². The molecule has 0 bridgehead atoms. The first kappa shape index (κ1) is 9.75. The molecule has 14 heavy (non-hydrogen) atoms. The van der Waals surface area contributed by atoms with Gasteiger partial charge in [0.15, 0.2) is 11.5 Å². The van der Waals surface area contributed by atoms with Crippen molar-refractivity contribution in [1.82, 2.24) is 0 Å². The van der Waals surface area contributed by atoms with Crippen molar-refractivity contribution in [3.8, 4) is 0 Å². The van der Waals surface area contributed by atoms with Gasteiger partial charge in [0.25, 0.3) is 0 Å². The van der Waals surface area contributed by atoms with Gasteiger partial charge in [0.05, 0.1) is 0 Å². The van der Waals surface area contributed by atoms with Gasteiger partial charge in [-0.2, -0.15) is 0 Å². The lowest BCUT2D eigenvalue weighted by atomic mass is 9.67.